The maximum absolute atomic E-state index is 12.5. The Kier molecular flexibility index (Phi) is 6.09. The van der Waals surface area contributed by atoms with Crippen LogP contribution in [0.3, 0.4) is 0 Å². The number of aliphatic hydroxyl groups is 1. The number of likely N-dealkylation sites (tertiary alicyclic amines) is 1. The average Bonchev–Trinajstić information content (AvgIpc) is 2.92. The normalized spacial score (nSPS) is 20.8. The van der Waals surface area contributed by atoms with Crippen molar-refractivity contribution in [1.82, 2.24) is 4.90 Å². The fourth-order valence-corrected chi connectivity index (χ4v) is 4.91. The number of β-amino-alcohol motifs (C(OH)–C–C–N with tert-alkyl or cyclic N) is 1. The summed E-state index contributed by atoms with van der Waals surface area (Å²) in [6, 6.07) is 0. The summed E-state index contributed by atoms with van der Waals surface area (Å²) in [6.45, 7) is 3.69. The SMILES string of the molecule is CCOC(=O)c1c(NC(=O)CN2CCCC(O)C2)sc2c1CCCC2. The number of piperidine rings is 1. The Morgan fingerprint density at radius 2 is 2.12 bits per heavy atom. The number of thiophene rings is 1. The zero-order valence-electron chi connectivity index (χ0n) is 14.7. The van der Waals surface area contributed by atoms with E-state index in [0.29, 0.717) is 23.7 Å². The van der Waals surface area contributed by atoms with E-state index in [1.165, 1.54) is 16.2 Å². The highest BCUT2D eigenvalue weighted by Crippen LogP contribution is 2.38. The minimum absolute atomic E-state index is 0.141. The van der Waals surface area contributed by atoms with E-state index >= 15 is 0 Å². The summed E-state index contributed by atoms with van der Waals surface area (Å²) in [5.41, 5.74) is 1.60. The summed E-state index contributed by atoms with van der Waals surface area (Å²) in [4.78, 5) is 28.0. The topological polar surface area (TPSA) is 78.9 Å². The minimum atomic E-state index is -0.356. The molecule has 1 saturated heterocycles. The molecule has 1 fully saturated rings. The summed E-state index contributed by atoms with van der Waals surface area (Å²) in [6.07, 6.45) is 5.35. The van der Waals surface area contributed by atoms with Gasteiger partial charge in [0.15, 0.2) is 0 Å². The predicted molar refractivity (Wildman–Crippen MR) is 97.2 cm³/mol. The zero-order chi connectivity index (χ0) is 17.8. The van der Waals surface area contributed by atoms with Gasteiger partial charge in [0.25, 0.3) is 0 Å². The number of rotatable bonds is 5. The summed E-state index contributed by atoms with van der Waals surface area (Å²) in [5.74, 6) is -0.483. The molecule has 25 heavy (non-hydrogen) atoms. The van der Waals surface area contributed by atoms with Crippen LogP contribution in [0.4, 0.5) is 5.00 Å². The maximum atomic E-state index is 12.5. The first-order valence-corrected chi connectivity index (χ1v) is 9.92. The van der Waals surface area contributed by atoms with Crippen molar-refractivity contribution in [2.75, 3.05) is 31.6 Å². The number of hydrogen-bond acceptors (Lipinski definition) is 6. The van der Waals surface area contributed by atoms with Gasteiger partial charge < -0.3 is 15.2 Å². The van der Waals surface area contributed by atoms with Crippen LogP contribution < -0.4 is 5.32 Å². The van der Waals surface area contributed by atoms with E-state index in [2.05, 4.69) is 5.32 Å². The number of nitrogens with one attached hydrogen (secondary N) is 1. The molecule has 1 amide bonds. The number of amides is 1. The van der Waals surface area contributed by atoms with Crippen LogP contribution in [0.25, 0.3) is 0 Å². The molecule has 2 N–H and O–H groups in total. The van der Waals surface area contributed by atoms with Crippen LogP contribution in [-0.4, -0.2) is 54.2 Å². The Balaban J connectivity index is 1.73. The molecule has 1 aliphatic carbocycles. The van der Waals surface area contributed by atoms with Crippen LogP contribution >= 0.6 is 11.3 Å². The van der Waals surface area contributed by atoms with E-state index in [-0.39, 0.29) is 24.5 Å². The molecule has 2 aliphatic rings. The number of carbonyl (C=O) groups excluding carboxylic acids is 2. The third kappa shape index (κ3) is 4.40. The fraction of sp³-hybridized carbons (Fsp3) is 0.667. The van der Waals surface area contributed by atoms with Crippen molar-refractivity contribution in [3.8, 4) is 0 Å². The first kappa shape index (κ1) is 18.4. The van der Waals surface area contributed by atoms with Gasteiger partial charge in [0.05, 0.1) is 24.8 Å². The minimum Gasteiger partial charge on any atom is -0.462 e. The van der Waals surface area contributed by atoms with Crippen molar-refractivity contribution in [1.29, 1.82) is 0 Å². The molecule has 2 heterocycles. The summed E-state index contributed by atoms with van der Waals surface area (Å²) in [7, 11) is 0. The summed E-state index contributed by atoms with van der Waals surface area (Å²) in [5, 5.41) is 13.3. The average molecular weight is 366 g/mol. The van der Waals surface area contributed by atoms with Crippen LogP contribution in [0.1, 0.15) is 53.4 Å². The third-order valence-corrected chi connectivity index (χ3v) is 5.96. The van der Waals surface area contributed by atoms with Crippen molar-refractivity contribution in [2.24, 2.45) is 0 Å². The van der Waals surface area contributed by atoms with Gasteiger partial charge in [-0.1, -0.05) is 0 Å². The largest absolute Gasteiger partial charge is 0.462 e. The highest BCUT2D eigenvalue weighted by Gasteiger charge is 2.28. The van der Waals surface area contributed by atoms with E-state index in [1.54, 1.807) is 6.92 Å². The molecule has 3 rings (SSSR count). The number of nitrogens with zero attached hydrogens (tertiary/aromatic N) is 1. The Labute approximate surface area is 152 Å². The second-order valence-corrected chi connectivity index (χ2v) is 7.82. The number of fused-ring (bicyclic) bond motifs is 1. The smallest absolute Gasteiger partial charge is 0.341 e. The zero-order valence-corrected chi connectivity index (χ0v) is 15.5. The van der Waals surface area contributed by atoms with Gasteiger partial charge in [-0.2, -0.15) is 0 Å². The summed E-state index contributed by atoms with van der Waals surface area (Å²) < 4.78 is 5.21. The first-order chi connectivity index (χ1) is 12.1. The molecule has 1 aromatic heterocycles. The molecule has 0 bridgehead atoms. The first-order valence-electron chi connectivity index (χ1n) is 9.10. The highest BCUT2D eigenvalue weighted by atomic mass is 32.1. The van der Waals surface area contributed by atoms with Crippen molar-refractivity contribution in [3.63, 3.8) is 0 Å². The molecule has 1 aromatic rings. The molecule has 0 radical (unpaired) electrons. The number of anilines is 1. The molecular weight excluding hydrogens is 340 g/mol. The molecule has 7 heteroatoms. The van der Waals surface area contributed by atoms with E-state index in [4.69, 9.17) is 4.74 Å². The quantitative estimate of drug-likeness (QED) is 0.781. The Bertz CT molecular complexity index is 643. The second kappa shape index (κ2) is 8.29. The Morgan fingerprint density at radius 1 is 1.32 bits per heavy atom. The van der Waals surface area contributed by atoms with Crippen molar-refractivity contribution in [2.45, 2.75) is 51.6 Å². The van der Waals surface area contributed by atoms with Crippen LogP contribution in [-0.2, 0) is 22.4 Å². The molecule has 0 aromatic carbocycles. The standard InChI is InChI=1S/C18H26N2O4S/c1-2-24-18(23)16-13-7-3-4-8-14(13)25-17(16)19-15(22)11-20-9-5-6-12(21)10-20/h12,21H,2-11H2,1H3,(H,19,22). The van der Waals surface area contributed by atoms with Crippen molar-refractivity contribution < 1.29 is 19.4 Å². The number of ether oxygens (including phenoxy) is 1. The molecule has 0 saturated carbocycles. The summed E-state index contributed by atoms with van der Waals surface area (Å²) >= 11 is 1.51. The van der Waals surface area contributed by atoms with E-state index in [9.17, 15) is 14.7 Å². The van der Waals surface area contributed by atoms with Crippen LogP contribution in [0, 0.1) is 0 Å². The lowest BCUT2D eigenvalue weighted by Crippen LogP contribution is -2.42. The number of hydrogen-bond donors (Lipinski definition) is 2. The molecule has 0 spiro atoms. The highest BCUT2D eigenvalue weighted by molar-refractivity contribution is 7.17. The van der Waals surface area contributed by atoms with Crippen molar-refractivity contribution in [3.05, 3.63) is 16.0 Å². The Hall–Kier alpha value is -1.44. The van der Waals surface area contributed by atoms with E-state index in [1.807, 2.05) is 4.90 Å². The molecule has 138 valence electrons. The second-order valence-electron chi connectivity index (χ2n) is 6.71. The van der Waals surface area contributed by atoms with Gasteiger partial charge in [0.1, 0.15) is 5.00 Å². The van der Waals surface area contributed by atoms with Gasteiger partial charge >= 0.3 is 5.97 Å². The molecule has 1 atom stereocenters. The monoisotopic (exact) mass is 366 g/mol. The number of esters is 1. The van der Waals surface area contributed by atoms with Gasteiger partial charge in [-0.25, -0.2) is 4.79 Å². The van der Waals surface area contributed by atoms with Crippen LogP contribution in [0.15, 0.2) is 0 Å². The predicted octanol–water partition coefficient (Wildman–Crippen LogP) is 2.20. The van der Waals surface area contributed by atoms with Crippen molar-refractivity contribution >= 4 is 28.2 Å². The van der Waals surface area contributed by atoms with Gasteiger partial charge in [-0.05, 0) is 57.6 Å². The molecular formula is C18H26N2O4S. The lowest BCUT2D eigenvalue weighted by molar-refractivity contribution is -0.117. The van der Waals surface area contributed by atoms with Gasteiger partial charge in [0, 0.05) is 11.4 Å². The molecule has 1 aliphatic heterocycles. The third-order valence-electron chi connectivity index (χ3n) is 4.75. The number of aryl methyl sites for hydroxylation is 1. The lowest BCUT2D eigenvalue weighted by Gasteiger charge is -2.29. The number of aliphatic hydroxyl groups excluding tert-OH is 1. The lowest BCUT2D eigenvalue weighted by atomic mass is 9.95. The van der Waals surface area contributed by atoms with E-state index < -0.39 is 0 Å². The molecule has 6 nitrogen and oxygen atoms in total. The van der Waals surface area contributed by atoms with Crippen LogP contribution in [0.5, 0.6) is 0 Å². The molecule has 1 unspecified atom stereocenters. The van der Waals surface area contributed by atoms with Crippen LogP contribution in [0.2, 0.25) is 0 Å². The van der Waals surface area contributed by atoms with Gasteiger partial charge in [-0.15, -0.1) is 11.3 Å². The van der Waals surface area contributed by atoms with Gasteiger partial charge in [-0.3, -0.25) is 9.69 Å². The van der Waals surface area contributed by atoms with Gasteiger partial charge in [0.2, 0.25) is 5.91 Å². The number of carbonyl (C=O) groups is 2. The van der Waals surface area contributed by atoms with E-state index in [0.717, 1.165) is 50.6 Å². The maximum Gasteiger partial charge on any atom is 0.341 e. The Morgan fingerprint density at radius 3 is 2.88 bits per heavy atom. The fourth-order valence-electron chi connectivity index (χ4n) is 3.62.